The first-order valence-corrected chi connectivity index (χ1v) is 6.26. The largest absolute Gasteiger partial charge is 0.310 e. The van der Waals surface area contributed by atoms with Crippen LogP contribution in [0.15, 0.2) is 53.3 Å². The molecule has 0 aliphatic carbocycles. The molecular formula is C16H12N2O2. The summed E-state index contributed by atoms with van der Waals surface area (Å²) in [7, 11) is 0. The number of rotatable bonds is 2. The number of aromatic nitrogens is 2. The molecule has 3 rings (SSSR count). The van der Waals surface area contributed by atoms with E-state index in [0.29, 0.717) is 27.9 Å². The molecule has 1 aromatic heterocycles. The van der Waals surface area contributed by atoms with Crippen molar-refractivity contribution >= 4 is 16.7 Å². The molecule has 1 heterocycles. The van der Waals surface area contributed by atoms with E-state index in [4.69, 9.17) is 0 Å². The van der Waals surface area contributed by atoms with Crippen LogP contribution < -0.4 is 5.56 Å². The summed E-state index contributed by atoms with van der Waals surface area (Å²) in [5.41, 5.74) is 1.18. The molecule has 1 N–H and O–H groups in total. The van der Waals surface area contributed by atoms with Gasteiger partial charge in [-0.25, -0.2) is 4.98 Å². The zero-order valence-corrected chi connectivity index (χ0v) is 10.9. The van der Waals surface area contributed by atoms with Crippen molar-refractivity contribution < 1.29 is 4.79 Å². The Bertz CT molecular complexity index is 851. The normalized spacial score (nSPS) is 10.7. The third-order valence-corrected chi connectivity index (χ3v) is 3.13. The molecule has 0 saturated heterocycles. The summed E-state index contributed by atoms with van der Waals surface area (Å²) >= 11 is 0. The third kappa shape index (κ3) is 2.01. The predicted octanol–water partition coefficient (Wildman–Crippen LogP) is 2.46. The summed E-state index contributed by atoms with van der Waals surface area (Å²) in [5.74, 6) is 0.360. The van der Waals surface area contributed by atoms with E-state index in [1.807, 2.05) is 6.07 Å². The van der Waals surface area contributed by atoms with Gasteiger partial charge in [-0.2, -0.15) is 0 Å². The van der Waals surface area contributed by atoms with Crippen molar-refractivity contribution in [2.75, 3.05) is 0 Å². The fourth-order valence-electron chi connectivity index (χ4n) is 2.24. The Labute approximate surface area is 115 Å². The number of nitrogens with zero attached hydrogens (tertiary/aromatic N) is 1. The lowest BCUT2D eigenvalue weighted by Crippen LogP contribution is -2.14. The second kappa shape index (κ2) is 4.74. The molecule has 0 spiro atoms. The lowest BCUT2D eigenvalue weighted by Gasteiger charge is -2.05. The Morgan fingerprint density at radius 3 is 2.55 bits per heavy atom. The van der Waals surface area contributed by atoms with Crippen LogP contribution in [0.2, 0.25) is 0 Å². The van der Waals surface area contributed by atoms with Crippen LogP contribution in [0.5, 0.6) is 0 Å². The fraction of sp³-hybridized carbons (Fsp3) is 0.0625. The monoisotopic (exact) mass is 264 g/mol. The minimum atomic E-state index is -0.285. The molecule has 0 amide bonds. The summed E-state index contributed by atoms with van der Waals surface area (Å²) in [6, 6.07) is 14.0. The number of aryl methyl sites for hydroxylation is 1. The molecule has 20 heavy (non-hydrogen) atoms. The first-order valence-electron chi connectivity index (χ1n) is 6.26. The number of hydrogen-bond donors (Lipinski definition) is 1. The van der Waals surface area contributed by atoms with Crippen molar-refractivity contribution in [2.24, 2.45) is 0 Å². The molecule has 0 fully saturated rings. The molecule has 0 unspecified atom stereocenters. The van der Waals surface area contributed by atoms with Crippen molar-refractivity contribution in [1.29, 1.82) is 0 Å². The SMILES string of the molecule is Cc1nc2cccc(C(=O)c3ccccc3)c2c(=O)[nH]1. The second-order valence-electron chi connectivity index (χ2n) is 4.55. The van der Waals surface area contributed by atoms with Crippen molar-refractivity contribution in [2.45, 2.75) is 6.92 Å². The average Bonchev–Trinajstić information content (AvgIpc) is 2.46. The number of ketones is 1. The molecule has 0 bridgehead atoms. The Kier molecular flexibility index (Phi) is 2.91. The second-order valence-corrected chi connectivity index (χ2v) is 4.55. The molecule has 0 radical (unpaired) electrons. The first-order chi connectivity index (χ1) is 9.66. The van der Waals surface area contributed by atoms with Crippen LogP contribution in [0.25, 0.3) is 10.9 Å². The Balaban J connectivity index is 2.28. The molecule has 0 aliphatic heterocycles. The van der Waals surface area contributed by atoms with E-state index in [1.54, 1.807) is 49.4 Å². The first kappa shape index (κ1) is 12.3. The Morgan fingerprint density at radius 1 is 1.05 bits per heavy atom. The van der Waals surface area contributed by atoms with Gasteiger partial charge in [0.25, 0.3) is 5.56 Å². The van der Waals surface area contributed by atoms with Gasteiger partial charge in [0.2, 0.25) is 0 Å². The van der Waals surface area contributed by atoms with Crippen molar-refractivity contribution in [3.8, 4) is 0 Å². The summed E-state index contributed by atoms with van der Waals surface area (Å²) in [5, 5.41) is 0.340. The molecule has 2 aromatic carbocycles. The van der Waals surface area contributed by atoms with Crippen molar-refractivity contribution in [3.63, 3.8) is 0 Å². The van der Waals surface area contributed by atoms with Gasteiger partial charge in [0.15, 0.2) is 5.78 Å². The highest BCUT2D eigenvalue weighted by molar-refractivity contribution is 6.15. The van der Waals surface area contributed by atoms with Gasteiger partial charge in [-0.05, 0) is 13.0 Å². The van der Waals surface area contributed by atoms with Gasteiger partial charge in [0, 0.05) is 11.1 Å². The topological polar surface area (TPSA) is 62.8 Å². The number of nitrogens with one attached hydrogen (secondary N) is 1. The maximum Gasteiger partial charge on any atom is 0.259 e. The third-order valence-electron chi connectivity index (χ3n) is 3.13. The van der Waals surface area contributed by atoms with E-state index in [0.717, 1.165) is 0 Å². The zero-order chi connectivity index (χ0) is 14.1. The molecule has 4 heteroatoms. The van der Waals surface area contributed by atoms with E-state index in [1.165, 1.54) is 0 Å². The molecule has 4 nitrogen and oxygen atoms in total. The molecule has 0 aliphatic rings. The van der Waals surface area contributed by atoms with Gasteiger partial charge in [0.05, 0.1) is 10.9 Å². The molecule has 98 valence electrons. The molecule has 0 atom stereocenters. The lowest BCUT2D eigenvalue weighted by molar-refractivity contribution is 0.104. The van der Waals surface area contributed by atoms with Gasteiger partial charge in [0.1, 0.15) is 5.82 Å². The summed E-state index contributed by atoms with van der Waals surface area (Å²) < 4.78 is 0. The minimum Gasteiger partial charge on any atom is -0.310 e. The van der Waals surface area contributed by atoms with E-state index in [2.05, 4.69) is 9.97 Å². The molecular weight excluding hydrogens is 252 g/mol. The number of carbonyl (C=O) groups is 1. The van der Waals surface area contributed by atoms with Crippen molar-refractivity contribution in [1.82, 2.24) is 9.97 Å². The van der Waals surface area contributed by atoms with E-state index in [-0.39, 0.29) is 11.3 Å². The fourth-order valence-corrected chi connectivity index (χ4v) is 2.24. The van der Waals surface area contributed by atoms with Gasteiger partial charge >= 0.3 is 0 Å². The number of H-pyrrole nitrogens is 1. The van der Waals surface area contributed by atoms with Crippen LogP contribution in [-0.4, -0.2) is 15.8 Å². The van der Waals surface area contributed by atoms with Gasteiger partial charge in [-0.15, -0.1) is 0 Å². The predicted molar refractivity (Wildman–Crippen MR) is 77.0 cm³/mol. The van der Waals surface area contributed by atoms with Crippen LogP contribution in [0.4, 0.5) is 0 Å². The van der Waals surface area contributed by atoms with E-state index < -0.39 is 0 Å². The number of hydrogen-bond acceptors (Lipinski definition) is 3. The van der Waals surface area contributed by atoms with E-state index in [9.17, 15) is 9.59 Å². The van der Waals surface area contributed by atoms with Crippen LogP contribution in [-0.2, 0) is 0 Å². The summed E-state index contributed by atoms with van der Waals surface area (Å²) in [6.07, 6.45) is 0. The molecule has 0 saturated carbocycles. The highest BCUT2D eigenvalue weighted by atomic mass is 16.1. The number of aromatic amines is 1. The van der Waals surface area contributed by atoms with Crippen LogP contribution in [0.3, 0.4) is 0 Å². The minimum absolute atomic E-state index is 0.174. The van der Waals surface area contributed by atoms with Crippen LogP contribution >= 0.6 is 0 Å². The quantitative estimate of drug-likeness (QED) is 0.723. The van der Waals surface area contributed by atoms with Crippen molar-refractivity contribution in [3.05, 3.63) is 75.8 Å². The maximum absolute atomic E-state index is 12.5. The standard InChI is InChI=1S/C16H12N2O2/c1-10-17-13-9-5-8-12(14(13)16(20)18-10)15(19)11-6-3-2-4-7-11/h2-9H,1H3,(H,17,18,20). The maximum atomic E-state index is 12.5. The van der Waals surface area contributed by atoms with E-state index >= 15 is 0 Å². The summed E-state index contributed by atoms with van der Waals surface area (Å²) in [4.78, 5) is 31.5. The lowest BCUT2D eigenvalue weighted by atomic mass is 10.00. The van der Waals surface area contributed by atoms with Gasteiger partial charge in [-0.3, -0.25) is 9.59 Å². The van der Waals surface area contributed by atoms with Gasteiger partial charge in [-0.1, -0.05) is 42.5 Å². The number of fused-ring (bicyclic) bond motifs is 1. The highest BCUT2D eigenvalue weighted by Crippen LogP contribution is 2.17. The smallest absolute Gasteiger partial charge is 0.259 e. The molecule has 3 aromatic rings. The average molecular weight is 264 g/mol. The van der Waals surface area contributed by atoms with Crippen LogP contribution in [0.1, 0.15) is 21.7 Å². The number of carbonyl (C=O) groups excluding carboxylic acids is 1. The summed E-state index contributed by atoms with van der Waals surface area (Å²) in [6.45, 7) is 1.71. The number of benzene rings is 2. The van der Waals surface area contributed by atoms with Crippen LogP contribution in [0, 0.1) is 6.92 Å². The van der Waals surface area contributed by atoms with Gasteiger partial charge < -0.3 is 4.98 Å². The highest BCUT2D eigenvalue weighted by Gasteiger charge is 2.15. The zero-order valence-electron chi connectivity index (χ0n) is 10.9. The Hall–Kier alpha value is -2.75. The Morgan fingerprint density at radius 2 is 1.80 bits per heavy atom.